The largest absolute Gasteiger partial charge is 0.431 e. The Balaban J connectivity index is 2.15. The highest BCUT2D eigenvalue weighted by molar-refractivity contribution is 7.97. The van der Waals surface area contributed by atoms with E-state index in [2.05, 4.69) is 4.74 Å². The monoisotopic (exact) mass is 584 g/mol. The predicted octanol–water partition coefficient (Wildman–Crippen LogP) is 6.48. The zero-order valence-corrected chi connectivity index (χ0v) is 23.3. The van der Waals surface area contributed by atoms with Gasteiger partial charge in [-0.2, -0.15) is 8.78 Å². The van der Waals surface area contributed by atoms with Crippen LogP contribution in [0, 0.1) is 22.9 Å². The van der Waals surface area contributed by atoms with Crippen molar-refractivity contribution in [2.24, 2.45) is 5.41 Å². The van der Waals surface area contributed by atoms with Gasteiger partial charge in [0.2, 0.25) is 0 Å². The van der Waals surface area contributed by atoms with E-state index in [-0.39, 0.29) is 0 Å². The molecule has 0 bridgehead atoms. The quantitative estimate of drug-likeness (QED) is 0.0822. The molecule has 0 heterocycles. The van der Waals surface area contributed by atoms with Gasteiger partial charge in [-0.3, -0.25) is 4.79 Å². The molecule has 0 aromatic heterocycles. The number of alkyl halides is 2. The predicted molar refractivity (Wildman–Crippen MR) is 151 cm³/mol. The van der Waals surface area contributed by atoms with Crippen LogP contribution in [0.1, 0.15) is 26.3 Å². The van der Waals surface area contributed by atoms with Crippen LogP contribution in [0.25, 0.3) is 0 Å². The van der Waals surface area contributed by atoms with Crippen LogP contribution in [-0.4, -0.2) is 17.0 Å². The minimum absolute atomic E-state index is 0.292. The Bertz CT molecular complexity index is 1530. The highest BCUT2D eigenvalue weighted by atomic mass is 31.2. The number of benzene rings is 4. The maximum absolute atomic E-state index is 15.4. The van der Waals surface area contributed by atoms with Crippen LogP contribution in [-0.2, 0) is 20.4 Å². The average molecular weight is 585 g/mol. The maximum atomic E-state index is 15.4. The van der Waals surface area contributed by atoms with E-state index >= 15 is 8.78 Å². The van der Waals surface area contributed by atoms with Crippen molar-refractivity contribution in [2.45, 2.75) is 26.9 Å². The molecular weight excluding hydrogens is 558 g/mol. The minimum Gasteiger partial charge on any atom is -0.393 e. The second kappa shape index (κ2) is 11.5. The molecule has 41 heavy (non-hydrogen) atoms. The summed E-state index contributed by atoms with van der Waals surface area (Å²) in [5, 5.41) is 0.953. The van der Waals surface area contributed by atoms with E-state index in [1.165, 1.54) is 20.8 Å². The van der Waals surface area contributed by atoms with E-state index in [9.17, 15) is 22.8 Å². The fourth-order valence-corrected chi connectivity index (χ4v) is 8.98. The number of Topliss-reactive ketones (excluding diaryl/α,β-unsaturated/α-hetero) is 1. The third-order valence-electron chi connectivity index (χ3n) is 6.43. The zero-order chi connectivity index (χ0) is 30.0. The zero-order valence-electron chi connectivity index (χ0n) is 22.4. The topological polar surface area (TPSA) is 43.4 Å². The van der Waals surface area contributed by atoms with Gasteiger partial charge in [0.25, 0.3) is 0 Å². The second-order valence-corrected chi connectivity index (χ2v) is 13.6. The van der Waals surface area contributed by atoms with Crippen molar-refractivity contribution in [3.05, 3.63) is 126 Å². The summed E-state index contributed by atoms with van der Waals surface area (Å²) in [4.78, 5) is 28.2. The highest BCUT2D eigenvalue weighted by Gasteiger charge is 2.47. The lowest BCUT2D eigenvalue weighted by atomic mass is 9.89. The van der Waals surface area contributed by atoms with Gasteiger partial charge >= 0.3 is 12.1 Å². The van der Waals surface area contributed by atoms with Gasteiger partial charge in [0, 0.05) is 5.41 Å². The van der Waals surface area contributed by atoms with Crippen LogP contribution in [0.4, 0.5) is 22.0 Å². The molecule has 212 valence electrons. The van der Waals surface area contributed by atoms with Gasteiger partial charge in [0.15, 0.2) is 23.2 Å². The number of esters is 1. The summed E-state index contributed by atoms with van der Waals surface area (Å²) in [5.74, 6) is -8.52. The van der Waals surface area contributed by atoms with Crippen LogP contribution in [0.15, 0.2) is 103 Å². The van der Waals surface area contributed by atoms with E-state index in [0.717, 1.165) is 0 Å². The number of hydrogen-bond donors (Lipinski definition) is 0. The van der Waals surface area contributed by atoms with Gasteiger partial charge in [0.1, 0.15) is 10.9 Å². The summed E-state index contributed by atoms with van der Waals surface area (Å²) in [6, 6.07) is 26.2. The molecule has 0 spiro atoms. The Kier molecular flexibility index (Phi) is 8.36. The van der Waals surface area contributed by atoms with Gasteiger partial charge in [-0.25, -0.2) is 18.0 Å². The molecule has 0 aliphatic rings. The van der Waals surface area contributed by atoms with E-state index in [1.54, 1.807) is 91.0 Å². The normalized spacial score (nSPS) is 12.1. The number of ketones is 1. The molecule has 0 saturated heterocycles. The van der Waals surface area contributed by atoms with E-state index in [4.69, 9.17) is 0 Å². The van der Waals surface area contributed by atoms with E-state index in [1.807, 2.05) is 0 Å². The Morgan fingerprint density at radius 2 is 1.05 bits per heavy atom. The highest BCUT2D eigenvalue weighted by Crippen LogP contribution is 2.48. The summed E-state index contributed by atoms with van der Waals surface area (Å²) in [6.07, 6.45) is -4.75. The molecule has 4 aromatic rings. The van der Waals surface area contributed by atoms with Gasteiger partial charge in [0.05, 0.1) is 0 Å². The van der Waals surface area contributed by atoms with Gasteiger partial charge in [-0.05, 0) is 34.9 Å². The number of rotatable bonds is 7. The molecular formula is C32H26F5O3P. The number of carbonyl (C=O) groups excluding carboxylic acids is 2. The van der Waals surface area contributed by atoms with Crippen molar-refractivity contribution in [3.63, 3.8) is 0 Å². The number of halogens is 5. The third kappa shape index (κ3) is 5.62. The van der Waals surface area contributed by atoms with Crippen molar-refractivity contribution in [2.75, 3.05) is 0 Å². The molecule has 4 rings (SSSR count). The Hall–Kier alpha value is -4.03. The van der Waals surface area contributed by atoms with Crippen LogP contribution in [0.3, 0.4) is 0 Å². The molecule has 0 atom stereocenters. The van der Waals surface area contributed by atoms with Crippen molar-refractivity contribution in [3.8, 4) is 0 Å². The third-order valence-corrected chi connectivity index (χ3v) is 10.7. The molecule has 0 N–H and O–H groups in total. The van der Waals surface area contributed by atoms with E-state index < -0.39 is 58.5 Å². The Morgan fingerprint density at radius 3 is 1.44 bits per heavy atom. The molecule has 0 amide bonds. The molecule has 0 aliphatic carbocycles. The Labute approximate surface area is 234 Å². The van der Waals surface area contributed by atoms with Crippen molar-refractivity contribution >= 4 is 39.8 Å². The maximum Gasteiger partial charge on any atom is 0.431 e. The number of hydrogen-bond acceptors (Lipinski definition) is 3. The summed E-state index contributed by atoms with van der Waals surface area (Å²) in [6.45, 7) is 1.05. The fraction of sp³-hybridized carbons (Fsp3) is 0.156. The first-order valence-electron chi connectivity index (χ1n) is 12.5. The lowest BCUT2D eigenvalue weighted by molar-refractivity contribution is -0.235. The molecule has 0 fully saturated rings. The van der Waals surface area contributed by atoms with E-state index in [0.29, 0.717) is 28.0 Å². The molecule has 0 aliphatic heterocycles. The summed E-state index contributed by atoms with van der Waals surface area (Å²) >= 11 is 0. The van der Waals surface area contributed by atoms with Gasteiger partial charge < -0.3 is 4.74 Å². The number of carbonyl (C=O) groups is 2. The lowest BCUT2D eigenvalue weighted by Gasteiger charge is -2.34. The summed E-state index contributed by atoms with van der Waals surface area (Å²) in [5.41, 5.74) is -2.93. The van der Waals surface area contributed by atoms with Crippen LogP contribution in [0.5, 0.6) is 0 Å². The first kappa shape index (κ1) is 29.9. The average Bonchev–Trinajstić information content (AvgIpc) is 2.94. The molecule has 0 radical (unpaired) electrons. The lowest BCUT2D eigenvalue weighted by Crippen LogP contribution is -2.44. The van der Waals surface area contributed by atoms with Crippen LogP contribution in [0.2, 0.25) is 0 Å². The summed E-state index contributed by atoms with van der Waals surface area (Å²) < 4.78 is 77.2. The summed E-state index contributed by atoms with van der Waals surface area (Å²) in [7, 11) is 0. The van der Waals surface area contributed by atoms with Crippen LogP contribution >= 0.6 is 6.89 Å². The molecule has 9 heteroatoms. The molecule has 0 saturated carbocycles. The molecule has 3 nitrogen and oxygen atoms in total. The standard InChI is InChI=1S/C32H26F5O3P/c1-31(2,3)29(38)28(30(39)40-32(36,37)24-19-20-25(33)27(35)26(24)34)41(21-13-7-4-8-14-21,22-15-9-5-10-16-22)23-17-11-6-12-18-23/h4-20H,1-3H3. The van der Waals surface area contributed by atoms with Crippen molar-refractivity contribution < 1.29 is 36.3 Å². The fourth-order valence-electron chi connectivity index (χ4n) is 4.50. The second-order valence-electron chi connectivity index (χ2n) is 10.2. The van der Waals surface area contributed by atoms with Gasteiger partial charge in [-0.15, -0.1) is 0 Å². The minimum atomic E-state index is -4.75. The van der Waals surface area contributed by atoms with Crippen LogP contribution < -0.4 is 15.9 Å². The van der Waals surface area contributed by atoms with Crippen molar-refractivity contribution in [1.82, 2.24) is 0 Å². The molecule has 4 aromatic carbocycles. The smallest absolute Gasteiger partial charge is 0.393 e. The SMILES string of the molecule is CC(C)(C)C(=O)C(C(=O)OC(F)(F)c1ccc(F)c(F)c1F)=P(c1ccccc1)(c1ccccc1)c1ccccc1. The Morgan fingerprint density at radius 1 is 0.634 bits per heavy atom. The first-order chi connectivity index (χ1) is 19.3. The number of ether oxygens (including phenoxy) is 1. The van der Waals surface area contributed by atoms with Gasteiger partial charge in [-0.1, -0.05) is 112 Å². The van der Waals surface area contributed by atoms with Crippen molar-refractivity contribution in [1.29, 1.82) is 0 Å². The first-order valence-corrected chi connectivity index (χ1v) is 14.3. The molecule has 0 unspecified atom stereocenters.